The highest BCUT2D eigenvalue weighted by Crippen LogP contribution is 2.39. The van der Waals surface area contributed by atoms with Gasteiger partial charge in [0.25, 0.3) is 0 Å². The van der Waals surface area contributed by atoms with Gasteiger partial charge in [-0.05, 0) is 63.4 Å². The topological polar surface area (TPSA) is 94.8 Å². The molecule has 1 fully saturated rings. The third-order valence-electron chi connectivity index (χ3n) is 6.85. The predicted molar refractivity (Wildman–Crippen MR) is 139 cm³/mol. The number of anilines is 3. The van der Waals surface area contributed by atoms with Gasteiger partial charge in [-0.1, -0.05) is 25.3 Å². The van der Waals surface area contributed by atoms with Crippen molar-refractivity contribution < 1.29 is 27.9 Å². The van der Waals surface area contributed by atoms with Crippen molar-refractivity contribution >= 4 is 29.1 Å². The van der Waals surface area contributed by atoms with Gasteiger partial charge in [-0.3, -0.25) is 0 Å². The summed E-state index contributed by atoms with van der Waals surface area (Å²) < 4.78 is 33.1. The van der Waals surface area contributed by atoms with Gasteiger partial charge >= 0.3 is 12.0 Å². The van der Waals surface area contributed by atoms with Crippen molar-refractivity contribution in [3.63, 3.8) is 0 Å². The second kappa shape index (κ2) is 11.0. The summed E-state index contributed by atoms with van der Waals surface area (Å²) in [5, 5.41) is 15.0. The van der Waals surface area contributed by atoms with Crippen LogP contribution in [0.15, 0.2) is 40.8 Å². The van der Waals surface area contributed by atoms with Crippen LogP contribution in [0.3, 0.4) is 0 Å². The second-order valence-electron chi connectivity index (χ2n) is 9.28. The molecule has 37 heavy (non-hydrogen) atoms. The van der Waals surface area contributed by atoms with Crippen molar-refractivity contribution in [2.75, 3.05) is 22.1 Å². The number of aromatic carboxylic acids is 1. The number of urea groups is 1. The molecule has 2 aromatic carbocycles. The number of carboxylic acid groups (broad SMARTS) is 1. The van der Waals surface area contributed by atoms with Crippen molar-refractivity contribution in [1.29, 1.82) is 0 Å². The maximum atomic E-state index is 14.2. The van der Waals surface area contributed by atoms with E-state index in [0.29, 0.717) is 47.0 Å². The lowest BCUT2D eigenvalue weighted by atomic mass is 9.93. The van der Waals surface area contributed by atoms with E-state index in [2.05, 4.69) is 15.5 Å². The molecule has 0 radical (unpaired) electrons. The minimum absolute atomic E-state index is 0.0636. The normalized spacial score (nSPS) is 13.9. The monoisotopic (exact) mass is 511 g/mol. The third-order valence-corrected chi connectivity index (χ3v) is 6.85. The van der Waals surface area contributed by atoms with Gasteiger partial charge in [0.15, 0.2) is 0 Å². The molecule has 0 aliphatic heterocycles. The number of amides is 2. The van der Waals surface area contributed by atoms with Gasteiger partial charge in [0.2, 0.25) is 0 Å². The summed E-state index contributed by atoms with van der Waals surface area (Å²) in [7, 11) is 0. The Hall–Kier alpha value is -3.88. The van der Waals surface area contributed by atoms with Crippen LogP contribution in [-0.2, 0) is 0 Å². The van der Waals surface area contributed by atoms with E-state index in [1.165, 1.54) is 6.42 Å². The van der Waals surface area contributed by atoms with E-state index in [-0.39, 0.29) is 11.3 Å². The Labute approximate surface area is 214 Å². The molecule has 196 valence electrons. The molecule has 1 saturated carbocycles. The zero-order valence-corrected chi connectivity index (χ0v) is 21.2. The summed E-state index contributed by atoms with van der Waals surface area (Å²) in [4.78, 5) is 27.1. The number of hydrogen-bond acceptors (Lipinski definition) is 4. The van der Waals surface area contributed by atoms with Crippen molar-refractivity contribution in [3.05, 3.63) is 65.1 Å². The molecule has 4 rings (SSSR count). The summed E-state index contributed by atoms with van der Waals surface area (Å²) in [6, 6.07) is 7.91. The van der Waals surface area contributed by atoms with E-state index in [1.807, 2.05) is 19.1 Å². The molecule has 1 aliphatic carbocycles. The molecular weight excluding hydrogens is 480 g/mol. The number of rotatable bonds is 7. The molecule has 0 bridgehead atoms. The molecular formula is C28H31F2N3O4. The van der Waals surface area contributed by atoms with Crippen LogP contribution in [0.5, 0.6) is 0 Å². The summed E-state index contributed by atoms with van der Waals surface area (Å²) >= 11 is 0. The Morgan fingerprint density at radius 1 is 1.00 bits per heavy atom. The van der Waals surface area contributed by atoms with Gasteiger partial charge in [0.1, 0.15) is 28.7 Å². The van der Waals surface area contributed by atoms with E-state index in [0.717, 1.165) is 43.5 Å². The third kappa shape index (κ3) is 5.60. The molecule has 3 N–H and O–H groups in total. The molecule has 0 spiro atoms. The Morgan fingerprint density at radius 3 is 2.35 bits per heavy atom. The molecule has 0 saturated heterocycles. The number of carbonyl (C=O) groups excluding carboxylic acids is 1. The van der Waals surface area contributed by atoms with E-state index in [9.17, 15) is 23.5 Å². The molecule has 1 aromatic heterocycles. The molecule has 2 amide bonds. The van der Waals surface area contributed by atoms with Gasteiger partial charge in [0.05, 0.1) is 17.1 Å². The fourth-order valence-corrected chi connectivity index (χ4v) is 5.22. The van der Waals surface area contributed by atoms with Crippen LogP contribution in [0, 0.1) is 25.5 Å². The van der Waals surface area contributed by atoms with Gasteiger partial charge < -0.3 is 25.1 Å². The minimum atomic E-state index is -1.11. The first kappa shape index (κ1) is 26.2. The van der Waals surface area contributed by atoms with E-state index in [1.54, 1.807) is 19.9 Å². The van der Waals surface area contributed by atoms with Crippen molar-refractivity contribution in [2.45, 2.75) is 58.9 Å². The molecule has 1 heterocycles. The van der Waals surface area contributed by atoms with Crippen LogP contribution >= 0.6 is 0 Å². The van der Waals surface area contributed by atoms with E-state index in [4.69, 9.17) is 4.42 Å². The first-order valence-corrected chi connectivity index (χ1v) is 12.5. The number of hydrogen-bond donors (Lipinski definition) is 3. The molecule has 7 nitrogen and oxygen atoms in total. The highest BCUT2D eigenvalue weighted by molar-refractivity contribution is 6.03. The van der Waals surface area contributed by atoms with Crippen LogP contribution in [0.2, 0.25) is 0 Å². The van der Waals surface area contributed by atoms with E-state index < -0.39 is 23.6 Å². The number of halogens is 2. The zero-order valence-electron chi connectivity index (χ0n) is 21.2. The highest BCUT2D eigenvalue weighted by atomic mass is 19.1. The summed E-state index contributed by atoms with van der Waals surface area (Å²) in [6.45, 7) is 6.05. The average Bonchev–Trinajstić information content (AvgIpc) is 3.16. The standard InChI is InChI=1S/C28H31F2N3O4/c1-4-33(20-8-6-5-7-9-20)24-13-10-18(25-16(2)37-17(3)26(25)27(34)35)14-23(24)32-28(36)31-22-12-11-19(29)15-21(22)30/h10-15,20H,4-9H2,1-3H3,(H,34,35)(H2,31,32,36). The van der Waals surface area contributed by atoms with Crippen LogP contribution in [-0.4, -0.2) is 29.7 Å². The molecule has 9 heteroatoms. The first-order chi connectivity index (χ1) is 17.7. The number of nitrogens with zero attached hydrogens (tertiary/aromatic N) is 1. The van der Waals surface area contributed by atoms with Crippen LogP contribution in [0.4, 0.5) is 30.6 Å². The molecule has 0 atom stereocenters. The minimum Gasteiger partial charge on any atom is -0.478 e. The number of furan rings is 1. The Morgan fingerprint density at radius 2 is 1.70 bits per heavy atom. The van der Waals surface area contributed by atoms with Crippen LogP contribution < -0.4 is 15.5 Å². The Balaban J connectivity index is 1.75. The number of carbonyl (C=O) groups is 2. The van der Waals surface area contributed by atoms with Gasteiger partial charge in [-0.25, -0.2) is 18.4 Å². The molecule has 0 unspecified atom stereocenters. The average molecular weight is 512 g/mol. The Kier molecular flexibility index (Phi) is 7.80. The first-order valence-electron chi connectivity index (χ1n) is 12.5. The maximum absolute atomic E-state index is 14.2. The largest absolute Gasteiger partial charge is 0.478 e. The van der Waals surface area contributed by atoms with Crippen molar-refractivity contribution in [1.82, 2.24) is 0 Å². The number of benzene rings is 2. The van der Waals surface area contributed by atoms with Gasteiger partial charge in [-0.2, -0.15) is 0 Å². The van der Waals surface area contributed by atoms with Crippen LogP contribution in [0.1, 0.15) is 60.9 Å². The molecule has 3 aromatic rings. The van der Waals surface area contributed by atoms with E-state index >= 15 is 0 Å². The van der Waals surface area contributed by atoms with Crippen molar-refractivity contribution in [2.24, 2.45) is 0 Å². The lowest BCUT2D eigenvalue weighted by Gasteiger charge is -2.36. The quantitative estimate of drug-likeness (QED) is 0.308. The lowest BCUT2D eigenvalue weighted by molar-refractivity contribution is 0.0695. The second-order valence-corrected chi connectivity index (χ2v) is 9.28. The zero-order chi connectivity index (χ0) is 26.7. The predicted octanol–water partition coefficient (Wildman–Crippen LogP) is 7.34. The summed E-state index contributed by atoms with van der Waals surface area (Å²) in [6.07, 6.45) is 5.51. The van der Waals surface area contributed by atoms with Gasteiger partial charge in [0, 0.05) is 24.2 Å². The smallest absolute Gasteiger partial charge is 0.339 e. The number of aryl methyl sites for hydroxylation is 2. The Bertz CT molecular complexity index is 1310. The van der Waals surface area contributed by atoms with Gasteiger partial charge in [-0.15, -0.1) is 0 Å². The highest BCUT2D eigenvalue weighted by Gasteiger charge is 2.26. The maximum Gasteiger partial charge on any atom is 0.339 e. The number of carboxylic acids is 1. The number of nitrogens with one attached hydrogen (secondary N) is 2. The van der Waals surface area contributed by atoms with Crippen molar-refractivity contribution in [3.8, 4) is 11.1 Å². The summed E-state index contributed by atoms with van der Waals surface area (Å²) in [5.41, 5.74) is 2.13. The lowest BCUT2D eigenvalue weighted by Crippen LogP contribution is -2.37. The molecule has 1 aliphatic rings. The fraction of sp³-hybridized carbons (Fsp3) is 0.357. The SMILES string of the molecule is CCN(c1ccc(-c2c(C)oc(C)c2C(=O)O)cc1NC(=O)Nc1ccc(F)cc1F)C1CCCCC1. The van der Waals surface area contributed by atoms with Crippen LogP contribution in [0.25, 0.3) is 11.1 Å². The summed E-state index contributed by atoms with van der Waals surface area (Å²) in [5.74, 6) is -2.00. The fourth-order valence-electron chi connectivity index (χ4n) is 5.22.